The second-order valence-corrected chi connectivity index (χ2v) is 24.2. The van der Waals surface area contributed by atoms with Crippen molar-refractivity contribution in [1.82, 2.24) is 78.5 Å². The maximum Gasteiger partial charge on any atom is 0.146 e. The second-order valence-electron chi connectivity index (χ2n) is 22.2. The van der Waals surface area contributed by atoms with Crippen LogP contribution in [0.1, 0.15) is 173 Å². The van der Waals surface area contributed by atoms with Crippen molar-refractivity contribution in [2.24, 2.45) is 0 Å². The highest BCUT2D eigenvalue weighted by Gasteiger charge is 2.30. The number of aromatic nitrogens is 16. The highest BCUT2D eigenvalue weighted by molar-refractivity contribution is 9.09. The Labute approximate surface area is 539 Å². The number of nitrogens with zero attached hydrogens (tertiary/aromatic N) is 15. The van der Waals surface area contributed by atoms with Gasteiger partial charge in [-0.15, -0.1) is 0 Å². The third-order valence-corrected chi connectivity index (χ3v) is 18.2. The number of H-pyrrole nitrogens is 1. The molecule has 0 bridgehead atoms. The summed E-state index contributed by atoms with van der Waals surface area (Å²) in [5.41, 5.74) is 21.3. The Morgan fingerprint density at radius 3 is 1.31 bits per heavy atom. The molecule has 4 aliphatic rings. The molecule has 3 atom stereocenters. The summed E-state index contributed by atoms with van der Waals surface area (Å²) in [5.74, 6) is 0.956. The van der Waals surface area contributed by atoms with Crippen LogP contribution in [0.2, 0.25) is 10.3 Å². The van der Waals surface area contributed by atoms with E-state index >= 15 is 0 Å². The Morgan fingerprint density at radius 2 is 0.867 bits per heavy atom. The standard InChI is InChI=1S/C16H15ClN4O.C16H17N5O.C16H17N5.C12H9ClN4O.C4H7Br.2CH4/c2*17-15-13-11(14(22)12-6-1-2-7-18-12)8-21(10-4-3-5-10)16(13)20-9-19-15;17-15-14-11(8-12-4-1-2-7-18-12)9-21(13-5-3-6-13)16(14)20-10-19-15;13-11-9-7(5-15-12(9)17-6-16-11)10(18)8-3-1-2-4-14-8;5-4-2-1-3-4;;/h1-2,6-10,14,22H,3-5H2;1-2,6-10,14,22H,3-5H2,(H2,17,19,20);1-2,4,7,9-10,13H,3,5-6,8H2,(H2,17,19,20);1-6,10,18H,(H,15,16,17);4H,1-3H2;2*1H4. The summed E-state index contributed by atoms with van der Waals surface area (Å²) in [4.78, 5) is 54.3. The van der Waals surface area contributed by atoms with Crippen LogP contribution in [0.3, 0.4) is 0 Å². The second kappa shape index (κ2) is 29.5. The fourth-order valence-electron chi connectivity index (χ4n) is 11.1. The van der Waals surface area contributed by atoms with Gasteiger partial charge in [0, 0.05) is 101 Å². The molecule has 12 aromatic heterocycles. The molecular formula is C66H73BrCl2N18O3. The fraction of sp³-hybridized carbons (Fsp3) is 0.333. The van der Waals surface area contributed by atoms with Crippen LogP contribution in [0.15, 0.2) is 148 Å². The number of fused-ring (bicyclic) bond motifs is 4. The first-order valence-electron chi connectivity index (χ1n) is 29.5. The molecule has 466 valence electrons. The molecule has 4 saturated carbocycles. The van der Waals surface area contributed by atoms with Crippen LogP contribution in [-0.2, 0) is 6.42 Å². The number of nitrogen functional groups attached to an aromatic ring is 2. The lowest BCUT2D eigenvalue weighted by Gasteiger charge is -2.27. The number of pyridine rings is 4. The van der Waals surface area contributed by atoms with Crippen molar-refractivity contribution in [3.63, 3.8) is 0 Å². The van der Waals surface area contributed by atoms with Crippen LogP contribution < -0.4 is 11.5 Å². The quantitative estimate of drug-likeness (QED) is 0.0518. The zero-order chi connectivity index (χ0) is 60.7. The molecule has 21 nitrogen and oxygen atoms in total. The molecule has 0 spiro atoms. The minimum absolute atomic E-state index is 0. The maximum atomic E-state index is 10.7. The summed E-state index contributed by atoms with van der Waals surface area (Å²) in [6.45, 7) is 0. The first-order valence-corrected chi connectivity index (χ1v) is 31.2. The molecule has 0 amide bonds. The van der Waals surface area contributed by atoms with Crippen LogP contribution in [0, 0.1) is 0 Å². The lowest BCUT2D eigenvalue weighted by atomic mass is 9.93. The van der Waals surface area contributed by atoms with Crippen molar-refractivity contribution in [2.45, 2.75) is 140 Å². The third-order valence-electron chi connectivity index (χ3n) is 16.8. The zero-order valence-electron chi connectivity index (χ0n) is 47.9. The molecule has 0 aromatic carbocycles. The zero-order valence-corrected chi connectivity index (χ0v) is 51.0. The van der Waals surface area contributed by atoms with E-state index in [-0.39, 0.29) is 14.9 Å². The Balaban J connectivity index is 0.000000128. The van der Waals surface area contributed by atoms with E-state index in [4.69, 9.17) is 34.7 Å². The summed E-state index contributed by atoms with van der Waals surface area (Å²) in [6.07, 6.45) is 33.6. The topological polar surface area (TPSA) is 298 Å². The molecule has 0 aliphatic heterocycles. The molecule has 0 saturated heterocycles. The van der Waals surface area contributed by atoms with Crippen molar-refractivity contribution >= 4 is 94.9 Å². The van der Waals surface area contributed by atoms with Crippen molar-refractivity contribution in [1.29, 1.82) is 0 Å². The first kappa shape index (κ1) is 64.6. The van der Waals surface area contributed by atoms with E-state index in [0.717, 1.165) is 81.5 Å². The number of halogens is 3. The van der Waals surface area contributed by atoms with Gasteiger partial charge in [0.1, 0.15) is 88.2 Å². The molecule has 3 unspecified atom stereocenters. The lowest BCUT2D eigenvalue weighted by molar-refractivity contribution is 0.215. The number of aliphatic hydroxyl groups excluding tert-OH is 3. The van der Waals surface area contributed by atoms with Crippen LogP contribution >= 0.6 is 39.1 Å². The lowest BCUT2D eigenvalue weighted by Crippen LogP contribution is -2.16. The molecule has 8 N–H and O–H groups in total. The number of rotatable bonds is 11. The minimum Gasteiger partial charge on any atom is -0.383 e. The molecule has 12 aromatic rings. The molecule has 24 heteroatoms. The maximum absolute atomic E-state index is 10.7. The van der Waals surface area contributed by atoms with Crippen LogP contribution in [-0.4, -0.2) is 98.6 Å². The Morgan fingerprint density at radius 1 is 0.467 bits per heavy atom. The van der Waals surface area contributed by atoms with Crippen molar-refractivity contribution < 1.29 is 15.3 Å². The van der Waals surface area contributed by atoms with Crippen molar-refractivity contribution in [3.05, 3.63) is 203 Å². The monoisotopic (exact) mass is 1310 g/mol. The Bertz CT molecular complexity index is 4140. The predicted octanol–water partition coefficient (Wildman–Crippen LogP) is 13.5. The largest absolute Gasteiger partial charge is 0.383 e. The smallest absolute Gasteiger partial charge is 0.146 e. The number of aromatic amines is 1. The van der Waals surface area contributed by atoms with Crippen LogP contribution in [0.4, 0.5) is 11.6 Å². The van der Waals surface area contributed by atoms with E-state index in [9.17, 15) is 15.3 Å². The Kier molecular flexibility index (Phi) is 21.2. The number of nitrogens with one attached hydrogen (secondary N) is 1. The molecule has 0 radical (unpaired) electrons. The van der Waals surface area contributed by atoms with Crippen LogP contribution in [0.5, 0.6) is 0 Å². The number of hydrogen-bond acceptors (Lipinski definition) is 17. The molecule has 12 heterocycles. The summed E-state index contributed by atoms with van der Waals surface area (Å²) < 4.78 is 6.52. The number of aliphatic hydroxyl groups is 3. The van der Waals surface area contributed by atoms with Gasteiger partial charge in [-0.3, -0.25) is 19.9 Å². The highest BCUT2D eigenvalue weighted by atomic mass is 79.9. The fourth-order valence-corrected chi connectivity index (χ4v) is 12.2. The first-order chi connectivity index (χ1) is 43.0. The molecule has 16 rings (SSSR count). The van der Waals surface area contributed by atoms with Gasteiger partial charge in [-0.25, -0.2) is 39.9 Å². The van der Waals surface area contributed by atoms with Gasteiger partial charge < -0.3 is 45.5 Å². The predicted molar refractivity (Wildman–Crippen MR) is 356 cm³/mol. The van der Waals surface area contributed by atoms with E-state index in [1.165, 1.54) is 70.3 Å². The number of alkyl halides is 1. The van der Waals surface area contributed by atoms with Gasteiger partial charge in [-0.05, 0) is 125 Å². The summed E-state index contributed by atoms with van der Waals surface area (Å²) in [5, 5.41) is 35.5. The average Bonchev–Trinajstić information content (AvgIpc) is 1.66. The number of anilines is 2. The normalized spacial score (nSPS) is 15.7. The SMILES string of the molecule is BrC1CCC1.C.C.Nc1ncnc2c1c(C(O)c1ccccn1)cn2C1CCC1.Nc1ncnc2c1c(Cc1ccccn1)cn2C1CCC1.OC(c1ccccn1)c1c[nH]c2ncnc(Cl)c12.OC(c1ccccn1)c1cn(C2CCC2)c2ncnc(Cl)c12. The minimum atomic E-state index is -0.858. The van der Waals surface area contributed by atoms with E-state index in [1.807, 2.05) is 67.1 Å². The van der Waals surface area contributed by atoms with Gasteiger partial charge in [-0.1, -0.05) is 84.7 Å². The van der Waals surface area contributed by atoms with E-state index in [2.05, 4.69) is 101 Å². The van der Waals surface area contributed by atoms with Crippen molar-refractivity contribution in [2.75, 3.05) is 11.5 Å². The van der Waals surface area contributed by atoms with Gasteiger partial charge in [0.05, 0.1) is 38.6 Å². The van der Waals surface area contributed by atoms with E-state index in [1.54, 1.807) is 55.4 Å². The van der Waals surface area contributed by atoms with Gasteiger partial charge in [-0.2, -0.15) is 0 Å². The molecule has 4 aliphatic carbocycles. The molecule has 90 heavy (non-hydrogen) atoms. The Hall–Kier alpha value is -8.38. The average molecular weight is 1320 g/mol. The van der Waals surface area contributed by atoms with Crippen molar-refractivity contribution in [3.8, 4) is 0 Å². The van der Waals surface area contributed by atoms with Gasteiger partial charge in [0.15, 0.2) is 0 Å². The summed E-state index contributed by atoms with van der Waals surface area (Å²) >= 11 is 15.8. The summed E-state index contributed by atoms with van der Waals surface area (Å²) in [7, 11) is 0. The molecule has 4 fully saturated rings. The van der Waals surface area contributed by atoms with Gasteiger partial charge in [0.25, 0.3) is 0 Å². The number of hydrogen-bond donors (Lipinski definition) is 6. The van der Waals surface area contributed by atoms with Crippen LogP contribution in [0.25, 0.3) is 44.1 Å². The van der Waals surface area contributed by atoms with Gasteiger partial charge >= 0.3 is 0 Å². The number of nitrogens with two attached hydrogens (primary N) is 2. The van der Waals surface area contributed by atoms with Gasteiger partial charge in [0.2, 0.25) is 0 Å². The van der Waals surface area contributed by atoms with E-state index < -0.39 is 18.3 Å². The van der Waals surface area contributed by atoms with E-state index in [0.29, 0.717) is 84.7 Å². The highest BCUT2D eigenvalue weighted by Crippen LogP contribution is 2.42. The molecular weight excluding hydrogens is 1240 g/mol. The third kappa shape index (κ3) is 13.8. The summed E-state index contributed by atoms with van der Waals surface area (Å²) in [6, 6.07) is 23.7.